The van der Waals surface area contributed by atoms with E-state index in [2.05, 4.69) is 5.32 Å². The molecular weight excluding hydrogens is 486 g/mol. The summed E-state index contributed by atoms with van der Waals surface area (Å²) < 4.78 is 1.95. The van der Waals surface area contributed by atoms with E-state index in [-0.39, 0.29) is 12.2 Å². The summed E-state index contributed by atoms with van der Waals surface area (Å²) in [5.74, 6) is -1.32. The third-order valence-corrected chi connectivity index (χ3v) is 8.09. The van der Waals surface area contributed by atoms with Crippen LogP contribution in [0.5, 0.6) is 0 Å². The van der Waals surface area contributed by atoms with Crippen LogP contribution >= 0.6 is 22.9 Å². The molecule has 1 saturated heterocycles. The van der Waals surface area contributed by atoms with E-state index < -0.39 is 17.9 Å². The van der Waals surface area contributed by atoms with Crippen molar-refractivity contribution in [1.29, 1.82) is 0 Å². The van der Waals surface area contributed by atoms with E-state index in [0.717, 1.165) is 63.5 Å². The van der Waals surface area contributed by atoms with Crippen LogP contribution in [0.25, 0.3) is 11.1 Å². The van der Waals surface area contributed by atoms with Gasteiger partial charge in [-0.05, 0) is 80.5 Å². The summed E-state index contributed by atoms with van der Waals surface area (Å²) in [6.07, 6.45) is 5.42. The summed E-state index contributed by atoms with van der Waals surface area (Å²) in [6.45, 7) is 3.96. The van der Waals surface area contributed by atoms with E-state index in [1.165, 1.54) is 11.3 Å². The van der Waals surface area contributed by atoms with Gasteiger partial charge in [-0.2, -0.15) is 0 Å². The molecule has 1 aliphatic heterocycles. The van der Waals surface area contributed by atoms with Gasteiger partial charge in [0.05, 0.1) is 12.1 Å². The van der Waals surface area contributed by atoms with Crippen molar-refractivity contribution < 1.29 is 19.5 Å². The van der Waals surface area contributed by atoms with E-state index in [4.69, 9.17) is 11.6 Å². The fourth-order valence-corrected chi connectivity index (χ4v) is 6.44. The molecule has 7 nitrogen and oxygen atoms in total. The molecule has 0 unspecified atom stereocenters. The van der Waals surface area contributed by atoms with E-state index in [9.17, 15) is 19.5 Å². The Balaban J connectivity index is 1.48. The van der Waals surface area contributed by atoms with Crippen LogP contribution in [0.3, 0.4) is 0 Å². The number of carboxylic acids is 1. The number of hydrogen-bond donors (Lipinski definition) is 2. The van der Waals surface area contributed by atoms with Gasteiger partial charge in [0.1, 0.15) is 10.7 Å². The minimum Gasteiger partial charge on any atom is -0.478 e. The molecule has 180 valence electrons. The second-order valence-electron chi connectivity index (χ2n) is 8.86. The highest BCUT2D eigenvalue weighted by atomic mass is 35.5. The number of rotatable bonds is 5. The standard InChI is InChI=1S/C26H24ClN3O4S/c1-14-11-17(12-20-23(31)29(26(34)28-20)13-16-7-9-18(27)10-8-16)15(2)30(14)24-22(25(32)33)19-5-3-4-6-21(19)35-24/h7-12H,3-6,13H2,1-2H3,(H,28,34)(H,32,33)/b20-12-. The van der Waals surface area contributed by atoms with Gasteiger partial charge in [0.2, 0.25) is 0 Å². The Morgan fingerprint density at radius 3 is 2.60 bits per heavy atom. The third kappa shape index (κ3) is 4.17. The number of thiophene rings is 1. The molecule has 0 atom stereocenters. The maximum Gasteiger partial charge on any atom is 0.339 e. The third-order valence-electron chi connectivity index (χ3n) is 6.56. The lowest BCUT2D eigenvalue weighted by Gasteiger charge is -2.12. The predicted octanol–water partition coefficient (Wildman–Crippen LogP) is 5.48. The van der Waals surface area contributed by atoms with Gasteiger partial charge in [-0.15, -0.1) is 11.3 Å². The van der Waals surface area contributed by atoms with Crippen LogP contribution in [-0.2, 0) is 24.2 Å². The molecular formula is C26H24ClN3O4S. The zero-order chi connectivity index (χ0) is 24.9. The Morgan fingerprint density at radius 2 is 1.89 bits per heavy atom. The second-order valence-corrected chi connectivity index (χ2v) is 10.4. The first kappa shape index (κ1) is 23.4. The number of benzene rings is 1. The van der Waals surface area contributed by atoms with Gasteiger partial charge >= 0.3 is 12.0 Å². The monoisotopic (exact) mass is 509 g/mol. The van der Waals surface area contributed by atoms with Crippen LogP contribution in [0.4, 0.5) is 4.79 Å². The fourth-order valence-electron chi connectivity index (χ4n) is 4.82. The molecule has 2 aliphatic rings. The van der Waals surface area contributed by atoms with Gasteiger partial charge in [0.25, 0.3) is 5.91 Å². The summed E-state index contributed by atoms with van der Waals surface area (Å²) in [6, 6.07) is 8.42. The molecule has 9 heteroatoms. The number of aromatic nitrogens is 1. The van der Waals surface area contributed by atoms with Crippen molar-refractivity contribution in [2.24, 2.45) is 0 Å². The van der Waals surface area contributed by atoms with Crippen LogP contribution in [0.2, 0.25) is 5.02 Å². The SMILES string of the molecule is Cc1cc(/C=C2\NC(=O)N(Cc3ccc(Cl)cc3)C2=O)c(C)n1-c1sc2c(c1C(=O)O)CCCC2. The molecule has 0 saturated carbocycles. The highest BCUT2D eigenvalue weighted by Gasteiger charge is 2.34. The molecule has 1 fully saturated rings. The number of hydrogen-bond acceptors (Lipinski definition) is 4. The molecule has 2 aromatic heterocycles. The zero-order valence-electron chi connectivity index (χ0n) is 19.4. The zero-order valence-corrected chi connectivity index (χ0v) is 20.9. The van der Waals surface area contributed by atoms with Crippen molar-refractivity contribution in [2.75, 3.05) is 0 Å². The van der Waals surface area contributed by atoms with Crippen molar-refractivity contribution in [1.82, 2.24) is 14.8 Å². The van der Waals surface area contributed by atoms with Crippen LogP contribution in [0.15, 0.2) is 36.0 Å². The number of halogens is 1. The van der Waals surface area contributed by atoms with E-state index in [0.29, 0.717) is 15.6 Å². The number of aromatic carboxylic acids is 1. The summed E-state index contributed by atoms with van der Waals surface area (Å²) in [4.78, 5) is 40.0. The van der Waals surface area contributed by atoms with Crippen molar-refractivity contribution >= 4 is 46.9 Å². The number of carbonyl (C=O) groups is 3. The number of carboxylic acid groups (broad SMARTS) is 1. The average Bonchev–Trinajstić information content (AvgIpc) is 3.42. The summed E-state index contributed by atoms with van der Waals surface area (Å²) in [5.41, 5.74) is 4.74. The van der Waals surface area contributed by atoms with Gasteiger partial charge in [-0.3, -0.25) is 9.69 Å². The molecule has 3 amide bonds. The smallest absolute Gasteiger partial charge is 0.339 e. The van der Waals surface area contributed by atoms with E-state index in [1.807, 2.05) is 24.5 Å². The normalized spacial score (nSPS) is 16.7. The average molecular weight is 510 g/mol. The first-order chi connectivity index (χ1) is 16.7. The van der Waals surface area contributed by atoms with Crippen LogP contribution in [0, 0.1) is 13.8 Å². The lowest BCUT2D eigenvalue weighted by molar-refractivity contribution is -0.123. The molecule has 0 spiro atoms. The maximum atomic E-state index is 13.0. The number of urea groups is 1. The van der Waals surface area contributed by atoms with Crippen molar-refractivity contribution in [3.8, 4) is 5.00 Å². The first-order valence-electron chi connectivity index (χ1n) is 11.4. The number of imide groups is 1. The van der Waals surface area contributed by atoms with E-state index >= 15 is 0 Å². The molecule has 0 bridgehead atoms. The fraction of sp³-hybridized carbons (Fsp3) is 0.269. The van der Waals surface area contributed by atoms with Crippen molar-refractivity contribution in [3.63, 3.8) is 0 Å². The quantitative estimate of drug-likeness (QED) is 0.352. The minimum atomic E-state index is -0.914. The number of carbonyl (C=O) groups excluding carboxylic acids is 2. The van der Waals surface area contributed by atoms with Crippen LogP contribution < -0.4 is 5.32 Å². The highest BCUT2D eigenvalue weighted by Crippen LogP contribution is 2.39. The second kappa shape index (κ2) is 9.02. The molecule has 1 aromatic carbocycles. The number of fused-ring (bicyclic) bond motifs is 1. The first-order valence-corrected chi connectivity index (χ1v) is 12.6. The van der Waals surface area contributed by atoms with E-state index in [1.54, 1.807) is 30.3 Å². The van der Waals surface area contributed by atoms with Gasteiger partial charge < -0.3 is 15.0 Å². The number of amides is 3. The Hall–Kier alpha value is -3.36. The summed E-state index contributed by atoms with van der Waals surface area (Å²) >= 11 is 7.47. The van der Waals surface area contributed by atoms with Crippen LogP contribution in [-0.4, -0.2) is 32.5 Å². The Bertz CT molecular complexity index is 1400. The molecule has 2 N–H and O–H groups in total. The Labute approximate surface area is 211 Å². The molecule has 3 heterocycles. The van der Waals surface area contributed by atoms with Crippen molar-refractivity contribution in [3.05, 3.63) is 79.6 Å². The lowest BCUT2D eigenvalue weighted by atomic mass is 9.95. The highest BCUT2D eigenvalue weighted by molar-refractivity contribution is 7.15. The van der Waals surface area contributed by atoms with Gasteiger partial charge in [0.15, 0.2) is 0 Å². The predicted molar refractivity (Wildman–Crippen MR) is 135 cm³/mol. The largest absolute Gasteiger partial charge is 0.478 e. The Morgan fingerprint density at radius 1 is 1.17 bits per heavy atom. The van der Waals surface area contributed by atoms with Crippen molar-refractivity contribution in [2.45, 2.75) is 46.1 Å². The summed E-state index contributed by atoms with van der Waals surface area (Å²) in [7, 11) is 0. The molecule has 3 aromatic rings. The minimum absolute atomic E-state index is 0.140. The maximum absolute atomic E-state index is 13.0. The Kier molecular flexibility index (Phi) is 6.02. The van der Waals surface area contributed by atoms with Gasteiger partial charge in [-0.25, -0.2) is 9.59 Å². The number of nitrogens with zero attached hydrogens (tertiary/aromatic N) is 2. The van der Waals surface area contributed by atoms with Gasteiger partial charge in [-0.1, -0.05) is 23.7 Å². The molecule has 1 aliphatic carbocycles. The number of nitrogens with one attached hydrogen (secondary N) is 1. The molecule has 5 rings (SSSR count). The molecule has 35 heavy (non-hydrogen) atoms. The topological polar surface area (TPSA) is 91.6 Å². The lowest BCUT2D eigenvalue weighted by Crippen LogP contribution is -2.30. The van der Waals surface area contributed by atoms with Gasteiger partial charge in [0, 0.05) is 21.3 Å². The van der Waals surface area contributed by atoms with Crippen LogP contribution in [0.1, 0.15) is 56.2 Å². The number of aryl methyl sites for hydroxylation is 2. The summed E-state index contributed by atoms with van der Waals surface area (Å²) in [5, 5.41) is 14.0. The molecule has 0 radical (unpaired) electrons.